The van der Waals surface area contributed by atoms with Gasteiger partial charge < -0.3 is 9.47 Å². The third-order valence-corrected chi connectivity index (χ3v) is 3.84. The number of hydrogen-bond donors (Lipinski definition) is 1. The Hall–Kier alpha value is -2.60. The van der Waals surface area contributed by atoms with Crippen molar-refractivity contribution in [3.8, 4) is 17.2 Å². The van der Waals surface area contributed by atoms with E-state index in [1.807, 2.05) is 53.1 Å². The smallest absolute Gasteiger partial charge is 0.200 e. The summed E-state index contributed by atoms with van der Waals surface area (Å²) in [6.07, 6.45) is 0.627. The van der Waals surface area contributed by atoms with E-state index in [1.165, 1.54) is 0 Å². The molecule has 2 aromatic carbocycles. The summed E-state index contributed by atoms with van der Waals surface area (Å²) in [4.78, 5) is 0. The zero-order valence-electron chi connectivity index (χ0n) is 12.9. The van der Waals surface area contributed by atoms with Gasteiger partial charge in [-0.1, -0.05) is 24.3 Å². The monoisotopic (exact) mass is 327 g/mol. The van der Waals surface area contributed by atoms with Crippen molar-refractivity contribution in [3.05, 3.63) is 64.7 Å². The molecule has 0 spiro atoms. The number of aromatic amines is 1. The number of benzene rings is 2. The van der Waals surface area contributed by atoms with E-state index in [0.29, 0.717) is 11.2 Å². The first kappa shape index (κ1) is 15.3. The van der Waals surface area contributed by atoms with Crippen LogP contribution in [0.2, 0.25) is 0 Å². The van der Waals surface area contributed by atoms with E-state index < -0.39 is 0 Å². The van der Waals surface area contributed by atoms with E-state index >= 15 is 0 Å². The average molecular weight is 327 g/mol. The Bertz CT molecular complexity index is 870. The van der Waals surface area contributed by atoms with Crippen LogP contribution in [-0.2, 0) is 6.42 Å². The van der Waals surface area contributed by atoms with Crippen molar-refractivity contribution in [1.82, 2.24) is 14.8 Å². The van der Waals surface area contributed by atoms with Crippen LogP contribution in [0.3, 0.4) is 0 Å². The maximum Gasteiger partial charge on any atom is 0.200 e. The summed E-state index contributed by atoms with van der Waals surface area (Å²) in [5.74, 6) is 2.38. The first-order chi connectivity index (χ1) is 11.2. The molecular formula is C17H17N3O2S. The molecule has 0 aliphatic heterocycles. The van der Waals surface area contributed by atoms with Crippen molar-refractivity contribution in [2.45, 2.75) is 6.42 Å². The second-order valence-corrected chi connectivity index (χ2v) is 5.37. The molecule has 118 valence electrons. The van der Waals surface area contributed by atoms with Gasteiger partial charge in [0.1, 0.15) is 17.3 Å². The van der Waals surface area contributed by atoms with E-state index in [9.17, 15) is 0 Å². The standard InChI is InChI=1S/C17H17N3O2S/c1-21-13-7-5-6-12(10-13)11-16-18-19-17(23)20(16)14-8-3-4-9-15(14)22-2/h3-10H,11H2,1-2H3,(H,19,23). The molecule has 0 saturated carbocycles. The van der Waals surface area contributed by atoms with Crippen molar-refractivity contribution in [2.24, 2.45) is 0 Å². The van der Waals surface area contributed by atoms with Crippen LogP contribution >= 0.6 is 12.2 Å². The van der Waals surface area contributed by atoms with E-state index in [-0.39, 0.29) is 0 Å². The Labute approximate surface area is 139 Å². The molecule has 0 atom stereocenters. The van der Waals surface area contributed by atoms with Gasteiger partial charge in [-0.2, -0.15) is 5.10 Å². The quantitative estimate of drug-likeness (QED) is 0.728. The largest absolute Gasteiger partial charge is 0.497 e. The summed E-state index contributed by atoms with van der Waals surface area (Å²) in [5, 5.41) is 7.23. The second-order valence-electron chi connectivity index (χ2n) is 4.98. The fourth-order valence-electron chi connectivity index (χ4n) is 2.48. The van der Waals surface area contributed by atoms with Crippen molar-refractivity contribution in [1.29, 1.82) is 0 Å². The summed E-state index contributed by atoms with van der Waals surface area (Å²) >= 11 is 5.39. The summed E-state index contributed by atoms with van der Waals surface area (Å²) in [6, 6.07) is 15.6. The summed E-state index contributed by atoms with van der Waals surface area (Å²) in [7, 11) is 3.30. The SMILES string of the molecule is COc1cccc(Cc2n[nH]c(=S)n2-c2ccccc2OC)c1. The topological polar surface area (TPSA) is 52.1 Å². The number of aromatic nitrogens is 3. The fraction of sp³-hybridized carbons (Fsp3) is 0.176. The van der Waals surface area contributed by atoms with Crippen LogP contribution in [0.4, 0.5) is 0 Å². The van der Waals surface area contributed by atoms with Crippen LogP contribution in [0.25, 0.3) is 5.69 Å². The van der Waals surface area contributed by atoms with Gasteiger partial charge in [0.2, 0.25) is 0 Å². The van der Waals surface area contributed by atoms with Gasteiger partial charge in [-0.25, -0.2) is 0 Å². The lowest BCUT2D eigenvalue weighted by Gasteiger charge is -2.11. The number of rotatable bonds is 5. The average Bonchev–Trinajstić information content (AvgIpc) is 2.95. The number of para-hydroxylation sites is 2. The molecular weight excluding hydrogens is 310 g/mol. The van der Waals surface area contributed by atoms with Crippen molar-refractivity contribution in [3.63, 3.8) is 0 Å². The van der Waals surface area contributed by atoms with Gasteiger partial charge in [-0.05, 0) is 42.0 Å². The third kappa shape index (κ3) is 3.12. The fourth-order valence-corrected chi connectivity index (χ4v) is 2.73. The Morgan fingerprint density at radius 1 is 1.09 bits per heavy atom. The van der Waals surface area contributed by atoms with Gasteiger partial charge in [-0.15, -0.1) is 0 Å². The van der Waals surface area contributed by atoms with Crippen LogP contribution in [0, 0.1) is 4.77 Å². The second kappa shape index (κ2) is 6.66. The highest BCUT2D eigenvalue weighted by Crippen LogP contribution is 2.24. The minimum Gasteiger partial charge on any atom is -0.497 e. The van der Waals surface area contributed by atoms with Crippen molar-refractivity contribution >= 4 is 12.2 Å². The number of nitrogens with zero attached hydrogens (tertiary/aromatic N) is 2. The maximum absolute atomic E-state index is 5.44. The van der Waals surface area contributed by atoms with E-state index in [0.717, 1.165) is 28.6 Å². The molecule has 0 amide bonds. The van der Waals surface area contributed by atoms with Gasteiger partial charge in [0.15, 0.2) is 4.77 Å². The summed E-state index contributed by atoms with van der Waals surface area (Å²) in [5.41, 5.74) is 1.96. The molecule has 1 aromatic heterocycles. The van der Waals surface area contributed by atoms with Crippen molar-refractivity contribution in [2.75, 3.05) is 14.2 Å². The van der Waals surface area contributed by atoms with Gasteiger partial charge in [0.05, 0.1) is 19.9 Å². The zero-order chi connectivity index (χ0) is 16.2. The highest BCUT2D eigenvalue weighted by molar-refractivity contribution is 7.71. The number of methoxy groups -OCH3 is 2. The lowest BCUT2D eigenvalue weighted by molar-refractivity contribution is 0.412. The maximum atomic E-state index is 5.44. The predicted molar refractivity (Wildman–Crippen MR) is 91.1 cm³/mol. The lowest BCUT2D eigenvalue weighted by atomic mass is 10.1. The van der Waals surface area contributed by atoms with Gasteiger partial charge in [-0.3, -0.25) is 9.67 Å². The van der Waals surface area contributed by atoms with E-state index in [1.54, 1.807) is 14.2 Å². The Kier molecular flexibility index (Phi) is 4.43. The lowest BCUT2D eigenvalue weighted by Crippen LogP contribution is -2.04. The molecule has 3 rings (SSSR count). The molecule has 0 radical (unpaired) electrons. The molecule has 0 aliphatic rings. The van der Waals surface area contributed by atoms with Crippen molar-refractivity contribution < 1.29 is 9.47 Å². The molecule has 23 heavy (non-hydrogen) atoms. The van der Waals surface area contributed by atoms with E-state index in [4.69, 9.17) is 21.7 Å². The highest BCUT2D eigenvalue weighted by atomic mass is 32.1. The molecule has 5 nitrogen and oxygen atoms in total. The molecule has 0 unspecified atom stereocenters. The molecule has 1 N–H and O–H groups in total. The Morgan fingerprint density at radius 3 is 2.70 bits per heavy atom. The van der Waals surface area contributed by atoms with E-state index in [2.05, 4.69) is 10.2 Å². The molecule has 3 aromatic rings. The van der Waals surface area contributed by atoms with Crippen LogP contribution in [0.15, 0.2) is 48.5 Å². The zero-order valence-corrected chi connectivity index (χ0v) is 13.8. The normalized spacial score (nSPS) is 10.5. The van der Waals surface area contributed by atoms with Gasteiger partial charge in [0.25, 0.3) is 0 Å². The molecule has 0 saturated heterocycles. The Balaban J connectivity index is 2.03. The molecule has 6 heteroatoms. The first-order valence-corrected chi connectivity index (χ1v) is 7.56. The predicted octanol–water partition coefficient (Wildman–Crippen LogP) is 3.54. The van der Waals surface area contributed by atoms with Crippen LogP contribution in [0.5, 0.6) is 11.5 Å². The summed E-state index contributed by atoms with van der Waals surface area (Å²) < 4.78 is 13.1. The molecule has 0 bridgehead atoms. The number of nitrogens with one attached hydrogen (secondary N) is 1. The van der Waals surface area contributed by atoms with Gasteiger partial charge >= 0.3 is 0 Å². The van der Waals surface area contributed by atoms with Crippen LogP contribution in [-0.4, -0.2) is 29.0 Å². The molecule has 1 heterocycles. The van der Waals surface area contributed by atoms with Crippen LogP contribution in [0.1, 0.15) is 11.4 Å². The minimum absolute atomic E-state index is 0.535. The number of ether oxygens (including phenoxy) is 2. The number of hydrogen-bond acceptors (Lipinski definition) is 4. The first-order valence-electron chi connectivity index (χ1n) is 7.15. The summed E-state index contributed by atoms with van der Waals surface area (Å²) in [6.45, 7) is 0. The third-order valence-electron chi connectivity index (χ3n) is 3.56. The molecule has 0 fully saturated rings. The Morgan fingerprint density at radius 2 is 1.91 bits per heavy atom. The number of H-pyrrole nitrogens is 1. The highest BCUT2D eigenvalue weighted by Gasteiger charge is 2.13. The minimum atomic E-state index is 0.535. The van der Waals surface area contributed by atoms with Gasteiger partial charge in [0, 0.05) is 6.42 Å². The van der Waals surface area contributed by atoms with Crippen LogP contribution < -0.4 is 9.47 Å². The molecule has 0 aliphatic carbocycles.